The number of aryl methyl sites for hydroxylation is 2. The highest BCUT2D eigenvalue weighted by atomic mass is 16.2. The predicted molar refractivity (Wildman–Crippen MR) is 74.5 cm³/mol. The number of benzene rings is 1. The molecule has 0 spiro atoms. The van der Waals surface area contributed by atoms with Crippen LogP contribution >= 0.6 is 0 Å². The van der Waals surface area contributed by atoms with E-state index in [0.717, 1.165) is 22.9 Å². The van der Waals surface area contributed by atoms with Gasteiger partial charge < -0.3 is 9.88 Å². The molecule has 2 heterocycles. The number of rotatable bonds is 2. The molecule has 0 unspecified atom stereocenters. The fourth-order valence-corrected chi connectivity index (χ4v) is 2.70. The highest BCUT2D eigenvalue weighted by Crippen LogP contribution is 2.26. The summed E-state index contributed by atoms with van der Waals surface area (Å²) in [6.07, 6.45) is 0.863. The van der Waals surface area contributed by atoms with Gasteiger partial charge in [-0.05, 0) is 25.8 Å². The number of pyridine rings is 1. The Kier molecular flexibility index (Phi) is 2.66. The van der Waals surface area contributed by atoms with Gasteiger partial charge in [-0.15, -0.1) is 0 Å². The van der Waals surface area contributed by atoms with Crippen LogP contribution < -0.4 is 10.9 Å². The van der Waals surface area contributed by atoms with Crippen molar-refractivity contribution < 1.29 is 4.79 Å². The van der Waals surface area contributed by atoms with E-state index in [9.17, 15) is 9.59 Å². The van der Waals surface area contributed by atoms with Gasteiger partial charge in [0.25, 0.3) is 11.5 Å². The lowest BCUT2D eigenvalue weighted by Crippen LogP contribution is -2.31. The molecule has 0 fully saturated rings. The van der Waals surface area contributed by atoms with Crippen LogP contribution in [0.4, 0.5) is 0 Å². The van der Waals surface area contributed by atoms with Crippen molar-refractivity contribution in [3.05, 3.63) is 45.7 Å². The van der Waals surface area contributed by atoms with Crippen LogP contribution in [0.25, 0.3) is 10.9 Å². The summed E-state index contributed by atoms with van der Waals surface area (Å²) < 4.78 is 1.76. The minimum atomic E-state index is -0.178. The molecule has 0 atom stereocenters. The van der Waals surface area contributed by atoms with Crippen molar-refractivity contribution in [2.24, 2.45) is 0 Å². The number of hydrogen-bond donors (Lipinski definition) is 1. The summed E-state index contributed by atoms with van der Waals surface area (Å²) in [5.74, 6) is -0.178. The summed E-state index contributed by atoms with van der Waals surface area (Å²) in [5.41, 5.74) is 2.46. The second-order valence-electron chi connectivity index (χ2n) is 5.24. The third-order valence-corrected chi connectivity index (χ3v) is 3.48. The molecule has 0 saturated heterocycles. The third kappa shape index (κ3) is 1.84. The number of para-hydroxylation sites is 1. The van der Waals surface area contributed by atoms with Crippen LogP contribution in [0.5, 0.6) is 0 Å². The zero-order valence-electron chi connectivity index (χ0n) is 11.1. The molecule has 19 heavy (non-hydrogen) atoms. The Labute approximate surface area is 111 Å². The van der Waals surface area contributed by atoms with Gasteiger partial charge in [-0.1, -0.05) is 18.2 Å². The summed E-state index contributed by atoms with van der Waals surface area (Å²) in [6, 6.07) is 7.39. The Morgan fingerprint density at radius 2 is 2.16 bits per heavy atom. The molecule has 0 bridgehead atoms. The largest absolute Gasteiger partial charge is 0.350 e. The molecular weight excluding hydrogens is 240 g/mol. The van der Waals surface area contributed by atoms with Gasteiger partial charge in [0, 0.05) is 24.0 Å². The van der Waals surface area contributed by atoms with E-state index in [1.54, 1.807) is 4.57 Å². The number of carbonyl (C=O) groups is 1. The van der Waals surface area contributed by atoms with Crippen molar-refractivity contribution in [3.63, 3.8) is 0 Å². The molecule has 0 aliphatic carbocycles. The molecule has 0 radical (unpaired) electrons. The Balaban J connectivity index is 2.27. The van der Waals surface area contributed by atoms with Gasteiger partial charge in [-0.25, -0.2) is 0 Å². The lowest BCUT2D eigenvalue weighted by molar-refractivity contribution is 0.0944. The molecule has 2 aromatic rings. The zero-order chi connectivity index (χ0) is 13.6. The fourth-order valence-electron chi connectivity index (χ4n) is 2.70. The first-order chi connectivity index (χ1) is 9.08. The van der Waals surface area contributed by atoms with Crippen molar-refractivity contribution in [3.8, 4) is 0 Å². The van der Waals surface area contributed by atoms with E-state index < -0.39 is 0 Å². The van der Waals surface area contributed by atoms with Crippen LogP contribution in [0, 0.1) is 0 Å². The third-order valence-electron chi connectivity index (χ3n) is 3.48. The van der Waals surface area contributed by atoms with E-state index in [1.165, 1.54) is 6.07 Å². The highest BCUT2D eigenvalue weighted by molar-refractivity contribution is 6.07. The van der Waals surface area contributed by atoms with E-state index in [4.69, 9.17) is 0 Å². The van der Waals surface area contributed by atoms with Crippen molar-refractivity contribution in [1.29, 1.82) is 0 Å². The van der Waals surface area contributed by atoms with Crippen molar-refractivity contribution >= 4 is 16.8 Å². The molecular formula is C15H16N2O2. The van der Waals surface area contributed by atoms with E-state index in [0.29, 0.717) is 12.1 Å². The Bertz CT molecular complexity index is 729. The molecule has 1 aliphatic heterocycles. The molecule has 1 N–H and O–H groups in total. The maximum atomic E-state index is 12.2. The zero-order valence-corrected chi connectivity index (χ0v) is 11.1. The molecule has 1 aliphatic rings. The number of nitrogens with zero attached hydrogens (tertiary/aromatic N) is 1. The maximum absolute atomic E-state index is 12.2. The molecule has 4 heteroatoms. The minimum absolute atomic E-state index is 0.0540. The van der Waals surface area contributed by atoms with Gasteiger partial charge in [-0.3, -0.25) is 9.59 Å². The second-order valence-corrected chi connectivity index (χ2v) is 5.24. The quantitative estimate of drug-likeness (QED) is 0.889. The molecule has 0 saturated carbocycles. The van der Waals surface area contributed by atoms with E-state index >= 15 is 0 Å². The molecule has 98 valence electrons. The Hall–Kier alpha value is -2.10. The smallest absolute Gasteiger partial charge is 0.252 e. The molecule has 3 rings (SSSR count). The molecule has 1 aromatic heterocycles. The second kappa shape index (κ2) is 4.23. The average molecular weight is 256 g/mol. The molecule has 4 nitrogen and oxygen atoms in total. The van der Waals surface area contributed by atoms with Gasteiger partial charge in [0.05, 0.1) is 11.1 Å². The van der Waals surface area contributed by atoms with E-state index in [2.05, 4.69) is 5.32 Å². The number of hydrogen-bond acceptors (Lipinski definition) is 2. The summed E-state index contributed by atoms with van der Waals surface area (Å²) in [5, 5.41) is 3.72. The van der Waals surface area contributed by atoms with Crippen LogP contribution in [0.3, 0.4) is 0 Å². The summed E-state index contributed by atoms with van der Waals surface area (Å²) >= 11 is 0. The first kappa shape index (κ1) is 12.0. The number of amides is 1. The highest BCUT2D eigenvalue weighted by Gasteiger charge is 2.20. The van der Waals surface area contributed by atoms with Gasteiger partial charge >= 0.3 is 0 Å². The van der Waals surface area contributed by atoms with Gasteiger partial charge in [0.1, 0.15) is 0 Å². The SMILES string of the molecule is CC(C)NC(=O)c1cc(=O)n2c3c(cccc13)CC2. The van der Waals surface area contributed by atoms with Gasteiger partial charge in [0.2, 0.25) is 0 Å². The van der Waals surface area contributed by atoms with E-state index in [1.807, 2.05) is 32.0 Å². The first-order valence-electron chi connectivity index (χ1n) is 6.54. The van der Waals surface area contributed by atoms with Crippen LogP contribution in [0.15, 0.2) is 29.1 Å². The summed E-state index contributed by atoms with van der Waals surface area (Å²) in [6.45, 7) is 4.52. The lowest BCUT2D eigenvalue weighted by atomic mass is 10.0. The van der Waals surface area contributed by atoms with Crippen LogP contribution in [-0.4, -0.2) is 16.5 Å². The Morgan fingerprint density at radius 1 is 1.37 bits per heavy atom. The normalized spacial score (nSPS) is 13.2. The van der Waals surface area contributed by atoms with Gasteiger partial charge in [0.15, 0.2) is 0 Å². The number of carbonyl (C=O) groups excluding carboxylic acids is 1. The number of aromatic nitrogens is 1. The monoisotopic (exact) mass is 256 g/mol. The van der Waals surface area contributed by atoms with Crippen LogP contribution in [-0.2, 0) is 13.0 Å². The van der Waals surface area contributed by atoms with E-state index in [-0.39, 0.29) is 17.5 Å². The van der Waals surface area contributed by atoms with Crippen LogP contribution in [0.1, 0.15) is 29.8 Å². The fraction of sp³-hybridized carbons (Fsp3) is 0.333. The standard InChI is InChI=1S/C15H16N2O2/c1-9(2)16-15(19)12-8-13(18)17-7-6-10-4-3-5-11(12)14(10)17/h3-5,8-9H,6-7H2,1-2H3,(H,16,19). The maximum Gasteiger partial charge on any atom is 0.252 e. The molecule has 1 aromatic carbocycles. The summed E-state index contributed by atoms with van der Waals surface area (Å²) in [4.78, 5) is 24.3. The molecule has 1 amide bonds. The van der Waals surface area contributed by atoms with Gasteiger partial charge in [-0.2, -0.15) is 0 Å². The summed E-state index contributed by atoms with van der Waals surface area (Å²) in [7, 11) is 0. The topological polar surface area (TPSA) is 51.1 Å². The average Bonchev–Trinajstić information content (AvgIpc) is 2.78. The Morgan fingerprint density at radius 3 is 2.89 bits per heavy atom. The van der Waals surface area contributed by atoms with Crippen molar-refractivity contribution in [1.82, 2.24) is 9.88 Å². The van der Waals surface area contributed by atoms with Crippen LogP contribution in [0.2, 0.25) is 0 Å². The number of nitrogens with one attached hydrogen (secondary N) is 1. The predicted octanol–water partition coefficient (Wildman–Crippen LogP) is 1.70. The van der Waals surface area contributed by atoms with Crippen molar-refractivity contribution in [2.75, 3.05) is 0 Å². The van der Waals surface area contributed by atoms with Crippen molar-refractivity contribution in [2.45, 2.75) is 32.9 Å². The first-order valence-corrected chi connectivity index (χ1v) is 6.54. The lowest BCUT2D eigenvalue weighted by Gasteiger charge is -2.12. The minimum Gasteiger partial charge on any atom is -0.350 e.